The van der Waals surface area contributed by atoms with Crippen molar-refractivity contribution < 1.29 is 13.9 Å². The molecule has 0 fully saturated rings. The molecule has 0 aliphatic carbocycles. The lowest BCUT2D eigenvalue weighted by molar-refractivity contribution is 0.0594. The Bertz CT molecular complexity index is 618. The molecule has 0 atom stereocenters. The Morgan fingerprint density at radius 3 is 2.88 bits per heavy atom. The van der Waals surface area contributed by atoms with Crippen LogP contribution in [0.25, 0.3) is 10.8 Å². The maximum atomic E-state index is 13.6. The van der Waals surface area contributed by atoms with Gasteiger partial charge in [-0.05, 0) is 18.2 Å². The fraction of sp³-hybridized carbons (Fsp3) is 0.0909. The highest BCUT2D eigenvalue weighted by atomic mass is 79.9. The largest absolute Gasteiger partial charge is 0.464 e. The molecule has 2 aromatic rings. The predicted molar refractivity (Wildman–Crippen MR) is 65.8 cm³/mol. The monoisotopic (exact) mass is 317 g/mol. The number of ether oxygens (including phenoxy) is 1. The molecule has 3 nitrogen and oxygen atoms in total. The number of hydrogen-bond acceptors (Lipinski definition) is 3. The number of esters is 1. The van der Waals surface area contributed by atoms with Gasteiger partial charge in [-0.25, -0.2) is 14.2 Å². The van der Waals surface area contributed by atoms with E-state index in [1.807, 2.05) is 0 Å². The van der Waals surface area contributed by atoms with Gasteiger partial charge < -0.3 is 4.74 Å². The first-order valence-corrected chi connectivity index (χ1v) is 5.74. The van der Waals surface area contributed by atoms with Crippen LogP contribution in [0.3, 0.4) is 0 Å². The number of carbonyl (C=O) groups is 1. The Morgan fingerprint density at radius 2 is 2.24 bits per heavy atom. The van der Waals surface area contributed by atoms with Crippen LogP contribution in [-0.2, 0) is 4.74 Å². The average molecular weight is 319 g/mol. The number of carbonyl (C=O) groups excluding carboxylic acids is 1. The molecule has 17 heavy (non-hydrogen) atoms. The second-order valence-electron chi connectivity index (χ2n) is 3.24. The fourth-order valence-corrected chi connectivity index (χ4v) is 2.40. The van der Waals surface area contributed by atoms with E-state index in [0.717, 1.165) is 0 Å². The van der Waals surface area contributed by atoms with Gasteiger partial charge in [0.2, 0.25) is 0 Å². The summed E-state index contributed by atoms with van der Waals surface area (Å²) in [6.07, 6.45) is 0. The summed E-state index contributed by atoms with van der Waals surface area (Å²) in [5.74, 6) is -1.13. The van der Waals surface area contributed by atoms with Crippen LogP contribution in [0.15, 0.2) is 22.7 Å². The third kappa shape index (κ3) is 2.12. The Morgan fingerprint density at radius 1 is 1.53 bits per heavy atom. The average Bonchev–Trinajstić information content (AvgIpc) is 2.32. The summed E-state index contributed by atoms with van der Waals surface area (Å²) in [5, 5.41) is 0.702. The zero-order chi connectivity index (χ0) is 12.6. The number of halogens is 3. The van der Waals surface area contributed by atoms with E-state index < -0.39 is 11.8 Å². The molecule has 1 aromatic carbocycles. The highest BCUT2D eigenvalue weighted by molar-refractivity contribution is 9.10. The second-order valence-corrected chi connectivity index (χ2v) is 4.45. The molecule has 0 unspecified atom stereocenters. The van der Waals surface area contributed by atoms with Crippen LogP contribution in [0.5, 0.6) is 0 Å². The number of rotatable bonds is 1. The van der Waals surface area contributed by atoms with E-state index in [-0.39, 0.29) is 16.2 Å². The summed E-state index contributed by atoms with van der Waals surface area (Å²) >= 11 is 9.18. The van der Waals surface area contributed by atoms with Gasteiger partial charge in [0.05, 0.1) is 7.11 Å². The Hall–Kier alpha value is -1.20. The van der Waals surface area contributed by atoms with Crippen LogP contribution < -0.4 is 0 Å². The minimum absolute atomic E-state index is 0.0259. The summed E-state index contributed by atoms with van der Waals surface area (Å²) < 4.78 is 18.8. The normalized spacial score (nSPS) is 10.6. The SMILES string of the molecule is COC(=O)c1cc2c(F)ccc(Br)c2c(Cl)n1. The van der Waals surface area contributed by atoms with Gasteiger partial charge in [-0.1, -0.05) is 27.5 Å². The smallest absolute Gasteiger partial charge is 0.356 e. The van der Waals surface area contributed by atoms with E-state index in [2.05, 4.69) is 25.7 Å². The maximum absolute atomic E-state index is 13.6. The number of pyridine rings is 1. The molecule has 1 heterocycles. The fourth-order valence-electron chi connectivity index (χ4n) is 1.46. The van der Waals surface area contributed by atoms with Crippen molar-refractivity contribution in [3.63, 3.8) is 0 Å². The topological polar surface area (TPSA) is 39.2 Å². The van der Waals surface area contributed by atoms with Gasteiger partial charge in [0, 0.05) is 15.2 Å². The minimum atomic E-state index is -0.659. The molecular formula is C11H6BrClFNO2. The van der Waals surface area contributed by atoms with Crippen LogP contribution in [0.4, 0.5) is 4.39 Å². The van der Waals surface area contributed by atoms with Gasteiger partial charge in [0.15, 0.2) is 5.69 Å². The molecule has 0 saturated carbocycles. The van der Waals surface area contributed by atoms with Crippen molar-refractivity contribution in [2.45, 2.75) is 0 Å². The number of benzene rings is 1. The number of methoxy groups -OCH3 is 1. The van der Waals surface area contributed by atoms with Crippen molar-refractivity contribution in [3.05, 3.63) is 39.3 Å². The maximum Gasteiger partial charge on any atom is 0.356 e. The molecule has 0 N–H and O–H groups in total. The van der Waals surface area contributed by atoms with Gasteiger partial charge in [-0.2, -0.15) is 0 Å². The summed E-state index contributed by atoms with van der Waals surface area (Å²) in [4.78, 5) is 15.2. The molecule has 0 aliphatic heterocycles. The summed E-state index contributed by atoms with van der Waals surface area (Å²) in [6.45, 7) is 0. The Labute approximate surface area is 110 Å². The number of aromatic nitrogens is 1. The summed E-state index contributed by atoms with van der Waals surface area (Å²) in [5.41, 5.74) is -0.0259. The molecule has 0 bridgehead atoms. The van der Waals surface area contributed by atoms with Crippen LogP contribution in [0, 0.1) is 5.82 Å². The van der Waals surface area contributed by atoms with E-state index in [0.29, 0.717) is 9.86 Å². The standard InChI is InChI=1S/C11H6BrClFNO2/c1-17-11(16)8-4-5-7(14)3-2-6(12)9(5)10(13)15-8/h2-4H,1H3. The van der Waals surface area contributed by atoms with Gasteiger partial charge in [0.1, 0.15) is 11.0 Å². The summed E-state index contributed by atoms with van der Waals surface area (Å²) in [7, 11) is 1.22. The van der Waals surface area contributed by atoms with Gasteiger partial charge >= 0.3 is 5.97 Å². The van der Waals surface area contributed by atoms with Crippen molar-refractivity contribution in [2.24, 2.45) is 0 Å². The first-order chi connectivity index (χ1) is 8.04. The van der Waals surface area contributed by atoms with E-state index in [1.165, 1.54) is 25.3 Å². The van der Waals surface area contributed by atoms with Crippen molar-refractivity contribution in [1.29, 1.82) is 0 Å². The third-order valence-electron chi connectivity index (χ3n) is 2.24. The number of fused-ring (bicyclic) bond motifs is 1. The molecule has 1 aromatic heterocycles. The van der Waals surface area contributed by atoms with Gasteiger partial charge in [-0.15, -0.1) is 0 Å². The predicted octanol–water partition coefficient (Wildman–Crippen LogP) is 3.58. The molecular weight excluding hydrogens is 312 g/mol. The Kier molecular flexibility index (Phi) is 3.31. The first-order valence-electron chi connectivity index (χ1n) is 4.57. The molecule has 0 aliphatic rings. The van der Waals surface area contributed by atoms with E-state index in [1.54, 1.807) is 0 Å². The third-order valence-corrected chi connectivity index (χ3v) is 3.18. The van der Waals surface area contributed by atoms with Gasteiger partial charge in [-0.3, -0.25) is 0 Å². The molecule has 0 radical (unpaired) electrons. The van der Waals surface area contributed by atoms with E-state index in [9.17, 15) is 9.18 Å². The van der Waals surface area contributed by atoms with Gasteiger partial charge in [0.25, 0.3) is 0 Å². The number of nitrogens with zero attached hydrogens (tertiary/aromatic N) is 1. The lowest BCUT2D eigenvalue weighted by Gasteiger charge is -2.06. The number of hydrogen-bond donors (Lipinski definition) is 0. The van der Waals surface area contributed by atoms with E-state index in [4.69, 9.17) is 11.6 Å². The van der Waals surface area contributed by atoms with Crippen molar-refractivity contribution in [3.8, 4) is 0 Å². The zero-order valence-corrected chi connectivity index (χ0v) is 11.0. The van der Waals surface area contributed by atoms with Crippen LogP contribution in [-0.4, -0.2) is 18.1 Å². The first kappa shape index (κ1) is 12.3. The minimum Gasteiger partial charge on any atom is -0.464 e. The zero-order valence-electron chi connectivity index (χ0n) is 8.63. The quantitative estimate of drug-likeness (QED) is 0.596. The Balaban J connectivity index is 2.82. The highest BCUT2D eigenvalue weighted by Crippen LogP contribution is 2.31. The molecule has 0 saturated heterocycles. The van der Waals surface area contributed by atoms with Crippen LogP contribution in [0.1, 0.15) is 10.5 Å². The molecule has 0 amide bonds. The van der Waals surface area contributed by atoms with Crippen molar-refractivity contribution in [2.75, 3.05) is 7.11 Å². The summed E-state index contributed by atoms with van der Waals surface area (Å²) in [6, 6.07) is 4.12. The molecule has 2 rings (SSSR count). The van der Waals surface area contributed by atoms with Crippen molar-refractivity contribution in [1.82, 2.24) is 4.98 Å². The lowest BCUT2D eigenvalue weighted by atomic mass is 10.1. The molecule has 88 valence electrons. The lowest BCUT2D eigenvalue weighted by Crippen LogP contribution is -2.04. The van der Waals surface area contributed by atoms with Crippen LogP contribution in [0.2, 0.25) is 5.15 Å². The van der Waals surface area contributed by atoms with Crippen LogP contribution >= 0.6 is 27.5 Å². The highest BCUT2D eigenvalue weighted by Gasteiger charge is 2.15. The van der Waals surface area contributed by atoms with Crippen molar-refractivity contribution >= 4 is 44.3 Å². The van der Waals surface area contributed by atoms with E-state index >= 15 is 0 Å². The molecule has 6 heteroatoms. The molecule has 0 spiro atoms. The second kappa shape index (κ2) is 4.58.